The summed E-state index contributed by atoms with van der Waals surface area (Å²) in [4.78, 5) is 0. The second kappa shape index (κ2) is 21.8. The largest absolute Gasteiger partial charge is 0.497 e. The lowest BCUT2D eigenvalue weighted by atomic mass is 10.1. The lowest BCUT2D eigenvalue weighted by molar-refractivity contribution is 0.415. The number of hydrogen-bond donors (Lipinski definition) is 0. The number of allylic oxidation sites excluding steroid dienone is 4. The van der Waals surface area contributed by atoms with Gasteiger partial charge in [0.05, 0.1) is 7.11 Å². The highest BCUT2D eigenvalue weighted by molar-refractivity contribution is 6.30. The van der Waals surface area contributed by atoms with Crippen LogP contribution in [-0.2, 0) is 0 Å². The summed E-state index contributed by atoms with van der Waals surface area (Å²) in [6.45, 7) is 10.2. The lowest BCUT2D eigenvalue weighted by Gasteiger charge is -1.98. The van der Waals surface area contributed by atoms with Crippen molar-refractivity contribution in [1.82, 2.24) is 0 Å². The smallest absolute Gasteiger partial charge is 0.118 e. The maximum absolute atomic E-state index is 5.69. The van der Waals surface area contributed by atoms with Crippen molar-refractivity contribution in [3.63, 3.8) is 0 Å². The lowest BCUT2D eigenvalue weighted by Crippen LogP contribution is -1.80. The van der Waals surface area contributed by atoms with Gasteiger partial charge >= 0.3 is 0 Å². The molecular formula is C38H43ClO. The van der Waals surface area contributed by atoms with Crippen molar-refractivity contribution in [2.75, 3.05) is 7.11 Å². The fraction of sp³-hybridized carbons (Fsp3) is 0.158. The highest BCUT2D eigenvalue weighted by atomic mass is 35.5. The summed E-state index contributed by atoms with van der Waals surface area (Å²) in [6, 6.07) is 34.3. The number of halogens is 1. The molecule has 0 saturated heterocycles. The van der Waals surface area contributed by atoms with Gasteiger partial charge in [-0.2, -0.15) is 0 Å². The summed E-state index contributed by atoms with van der Waals surface area (Å²) in [7, 11) is 1.67. The Morgan fingerprint density at radius 3 is 1.38 bits per heavy atom. The molecule has 0 aliphatic heterocycles. The summed E-state index contributed by atoms with van der Waals surface area (Å²) in [5, 5.41) is 0.785. The van der Waals surface area contributed by atoms with Gasteiger partial charge in [0.2, 0.25) is 0 Å². The highest BCUT2D eigenvalue weighted by Crippen LogP contribution is 2.12. The van der Waals surface area contributed by atoms with Gasteiger partial charge in [-0.05, 0) is 86.7 Å². The average Bonchev–Trinajstić information content (AvgIpc) is 2.98. The number of rotatable bonds is 5. The number of benzene rings is 4. The molecule has 0 unspecified atom stereocenters. The first-order valence-corrected chi connectivity index (χ1v) is 13.9. The fourth-order valence-corrected chi connectivity index (χ4v) is 3.51. The third-order valence-corrected chi connectivity index (χ3v) is 5.65. The zero-order valence-corrected chi connectivity index (χ0v) is 25.5. The Morgan fingerprint density at radius 2 is 0.925 bits per heavy atom. The van der Waals surface area contributed by atoms with E-state index in [2.05, 4.69) is 67.6 Å². The molecule has 4 aromatic rings. The number of methoxy groups -OCH3 is 1. The van der Waals surface area contributed by atoms with Crippen LogP contribution >= 0.6 is 11.6 Å². The van der Waals surface area contributed by atoms with E-state index in [9.17, 15) is 0 Å². The molecule has 0 fully saturated rings. The second-order valence-electron chi connectivity index (χ2n) is 8.59. The Bertz CT molecular complexity index is 1300. The molecule has 0 N–H and O–H groups in total. The van der Waals surface area contributed by atoms with Crippen molar-refractivity contribution in [1.29, 1.82) is 0 Å². The first kappa shape index (κ1) is 34.0. The van der Waals surface area contributed by atoms with Crippen molar-refractivity contribution in [3.05, 3.63) is 160 Å². The first-order valence-electron chi connectivity index (χ1n) is 13.5. The third-order valence-electron chi connectivity index (χ3n) is 5.40. The quantitative estimate of drug-likeness (QED) is 0.240. The van der Waals surface area contributed by atoms with Crippen LogP contribution in [0.5, 0.6) is 5.75 Å². The Hall–Kier alpha value is -4.07. The van der Waals surface area contributed by atoms with Gasteiger partial charge in [-0.25, -0.2) is 0 Å². The van der Waals surface area contributed by atoms with E-state index in [1.54, 1.807) is 7.11 Å². The first-order chi connectivity index (χ1) is 19.5. The summed E-state index contributed by atoms with van der Waals surface area (Å²) >= 11 is 5.69. The van der Waals surface area contributed by atoms with Crippen LogP contribution in [0.25, 0.3) is 24.3 Å². The van der Waals surface area contributed by atoms with E-state index >= 15 is 0 Å². The topological polar surface area (TPSA) is 9.23 Å². The Morgan fingerprint density at radius 1 is 0.500 bits per heavy atom. The van der Waals surface area contributed by atoms with Crippen LogP contribution in [0.3, 0.4) is 0 Å². The maximum Gasteiger partial charge on any atom is 0.118 e. The minimum absolute atomic E-state index is 0.785. The van der Waals surface area contributed by atoms with Gasteiger partial charge in [-0.15, -0.1) is 0 Å². The van der Waals surface area contributed by atoms with Gasteiger partial charge in [0, 0.05) is 5.02 Å². The molecule has 0 atom stereocenters. The van der Waals surface area contributed by atoms with Crippen LogP contribution in [0.4, 0.5) is 0 Å². The number of ether oxygens (including phenoxy) is 1. The van der Waals surface area contributed by atoms with Gasteiger partial charge in [0.25, 0.3) is 0 Å². The minimum Gasteiger partial charge on any atom is -0.497 e. The van der Waals surface area contributed by atoms with E-state index in [-0.39, 0.29) is 0 Å². The average molecular weight is 551 g/mol. The fourth-order valence-electron chi connectivity index (χ4n) is 3.38. The van der Waals surface area contributed by atoms with Crippen LogP contribution in [0.1, 0.15) is 55.5 Å². The highest BCUT2D eigenvalue weighted by Gasteiger charge is 1.89. The van der Waals surface area contributed by atoms with Crippen molar-refractivity contribution < 1.29 is 4.74 Å². The summed E-state index contributed by atoms with van der Waals surface area (Å²) in [6.07, 6.45) is 16.4. The van der Waals surface area contributed by atoms with E-state index in [1.807, 2.05) is 119 Å². The van der Waals surface area contributed by atoms with E-state index in [1.165, 1.54) is 27.8 Å². The van der Waals surface area contributed by atoms with Gasteiger partial charge in [0.1, 0.15) is 5.75 Å². The molecule has 1 nitrogen and oxygen atoms in total. The van der Waals surface area contributed by atoms with E-state index in [0.29, 0.717) is 0 Å². The molecule has 0 aliphatic carbocycles. The van der Waals surface area contributed by atoms with E-state index < -0.39 is 0 Å². The standard InChI is InChI=1S/C10H12O.C10H12.C9H9Cl.C9H10/c1-3-4-9-5-7-10(11-2)8-6-9;1-3-6-10-8-5-4-7-9(10)2;1-2-3-8-4-6-9(10)7-5-8;1-2-6-9-7-4-3-5-8-9/h3-8H,1-2H3;3-8H,1-2H3;2-7H,1H3;2-8H,1H3. The molecule has 0 amide bonds. The van der Waals surface area contributed by atoms with Crippen molar-refractivity contribution in [2.45, 2.75) is 34.6 Å². The predicted octanol–water partition coefficient (Wildman–Crippen LogP) is 11.8. The van der Waals surface area contributed by atoms with Crippen LogP contribution < -0.4 is 4.74 Å². The van der Waals surface area contributed by atoms with Crippen molar-refractivity contribution in [3.8, 4) is 5.75 Å². The van der Waals surface area contributed by atoms with Crippen molar-refractivity contribution in [2.24, 2.45) is 0 Å². The maximum atomic E-state index is 5.69. The molecule has 4 rings (SSSR count). The molecule has 0 bridgehead atoms. The second-order valence-corrected chi connectivity index (χ2v) is 9.03. The number of hydrogen-bond acceptors (Lipinski definition) is 1. The molecule has 208 valence electrons. The predicted molar refractivity (Wildman–Crippen MR) is 181 cm³/mol. The molecule has 0 aliphatic rings. The molecule has 40 heavy (non-hydrogen) atoms. The van der Waals surface area contributed by atoms with E-state index in [4.69, 9.17) is 16.3 Å². The van der Waals surface area contributed by atoms with Gasteiger partial charge < -0.3 is 4.74 Å². The van der Waals surface area contributed by atoms with Gasteiger partial charge in [-0.1, -0.05) is 139 Å². The van der Waals surface area contributed by atoms with Gasteiger partial charge in [0.15, 0.2) is 0 Å². The molecule has 0 radical (unpaired) electrons. The zero-order chi connectivity index (χ0) is 29.4. The molecule has 4 aromatic carbocycles. The summed E-state index contributed by atoms with van der Waals surface area (Å²) < 4.78 is 5.02. The molecular weight excluding hydrogens is 508 g/mol. The van der Waals surface area contributed by atoms with Crippen LogP contribution in [0, 0.1) is 6.92 Å². The van der Waals surface area contributed by atoms with Crippen molar-refractivity contribution >= 4 is 35.9 Å². The van der Waals surface area contributed by atoms with Crippen LogP contribution in [0.2, 0.25) is 5.02 Å². The van der Waals surface area contributed by atoms with Gasteiger partial charge in [-0.3, -0.25) is 0 Å². The Balaban J connectivity index is 0.000000267. The molecule has 0 saturated carbocycles. The monoisotopic (exact) mass is 550 g/mol. The Labute approximate surface area is 247 Å². The van der Waals surface area contributed by atoms with Crippen LogP contribution in [-0.4, -0.2) is 7.11 Å². The molecule has 0 heterocycles. The third kappa shape index (κ3) is 15.4. The normalized spacial score (nSPS) is 10.5. The molecule has 0 aromatic heterocycles. The van der Waals surface area contributed by atoms with Crippen LogP contribution in [0.15, 0.2) is 127 Å². The Kier molecular flexibility index (Phi) is 18.5. The molecule has 2 heteroatoms. The number of aryl methyl sites for hydroxylation is 1. The summed E-state index contributed by atoms with van der Waals surface area (Å²) in [5.41, 5.74) is 6.30. The zero-order valence-electron chi connectivity index (χ0n) is 24.7. The molecule has 0 spiro atoms. The minimum atomic E-state index is 0.785. The van der Waals surface area contributed by atoms with E-state index in [0.717, 1.165) is 10.8 Å². The SMILES string of the molecule is CC=Cc1ccc(Cl)cc1.CC=Cc1ccc(OC)cc1.CC=Cc1ccccc1.CC=Cc1ccccc1C. The summed E-state index contributed by atoms with van der Waals surface area (Å²) in [5.74, 6) is 0.901.